The Bertz CT molecular complexity index is 358. The maximum atomic E-state index is 5.72. The van der Waals surface area contributed by atoms with Crippen LogP contribution in [0.15, 0.2) is 24.3 Å². The topological polar surface area (TPSA) is 44.5 Å². The fraction of sp³-hybridized carbons (Fsp3) is 0.647. The molecule has 0 bridgehead atoms. The summed E-state index contributed by atoms with van der Waals surface area (Å²) in [6.07, 6.45) is 7.75. The van der Waals surface area contributed by atoms with E-state index in [2.05, 4.69) is 12.1 Å². The van der Waals surface area contributed by atoms with Crippen LogP contribution < -0.4 is 10.5 Å². The zero-order chi connectivity index (χ0) is 14.0. The molecule has 0 saturated heterocycles. The van der Waals surface area contributed by atoms with Crippen LogP contribution in [0.1, 0.15) is 37.7 Å². The smallest absolute Gasteiger partial charge is 0.119 e. The first-order valence-electron chi connectivity index (χ1n) is 7.88. The molecule has 0 spiro atoms. The molecule has 0 atom stereocenters. The van der Waals surface area contributed by atoms with Crippen LogP contribution in [-0.2, 0) is 11.2 Å². The Morgan fingerprint density at radius 1 is 1.00 bits per heavy atom. The second kappa shape index (κ2) is 8.98. The molecular formula is C17H27NO2. The summed E-state index contributed by atoms with van der Waals surface area (Å²) in [5.41, 5.74) is 6.78. The van der Waals surface area contributed by atoms with Crippen LogP contribution in [-0.4, -0.2) is 26.4 Å². The lowest BCUT2D eigenvalue weighted by atomic mass is 9.90. The maximum Gasteiger partial charge on any atom is 0.119 e. The molecule has 0 heterocycles. The number of nitrogens with two attached hydrogens (primary N) is 1. The van der Waals surface area contributed by atoms with Gasteiger partial charge in [0.05, 0.1) is 6.61 Å². The van der Waals surface area contributed by atoms with E-state index in [1.165, 1.54) is 37.7 Å². The maximum absolute atomic E-state index is 5.72. The number of ether oxygens (including phenoxy) is 2. The highest BCUT2D eigenvalue weighted by atomic mass is 16.5. The second-order valence-electron chi connectivity index (χ2n) is 5.61. The average molecular weight is 277 g/mol. The first kappa shape index (κ1) is 15.3. The largest absolute Gasteiger partial charge is 0.491 e. The first-order valence-corrected chi connectivity index (χ1v) is 7.88. The van der Waals surface area contributed by atoms with Crippen molar-refractivity contribution in [2.24, 2.45) is 11.7 Å². The number of hydrogen-bond donors (Lipinski definition) is 1. The molecule has 1 fully saturated rings. The minimum Gasteiger partial charge on any atom is -0.491 e. The van der Waals surface area contributed by atoms with Crippen molar-refractivity contribution < 1.29 is 9.47 Å². The van der Waals surface area contributed by atoms with E-state index in [4.69, 9.17) is 15.2 Å². The summed E-state index contributed by atoms with van der Waals surface area (Å²) in [6, 6.07) is 8.16. The van der Waals surface area contributed by atoms with E-state index in [0.717, 1.165) is 24.7 Å². The molecule has 3 heteroatoms. The zero-order valence-electron chi connectivity index (χ0n) is 12.4. The highest BCUT2D eigenvalue weighted by Crippen LogP contribution is 2.23. The van der Waals surface area contributed by atoms with E-state index in [0.29, 0.717) is 19.8 Å². The molecule has 112 valence electrons. The summed E-state index contributed by atoms with van der Waals surface area (Å²) < 4.78 is 11.4. The van der Waals surface area contributed by atoms with Crippen molar-refractivity contribution in [2.75, 3.05) is 26.4 Å². The van der Waals surface area contributed by atoms with Crippen molar-refractivity contribution in [3.05, 3.63) is 29.8 Å². The van der Waals surface area contributed by atoms with Crippen LogP contribution in [0.4, 0.5) is 0 Å². The molecule has 1 aliphatic rings. The third-order valence-electron chi connectivity index (χ3n) is 3.93. The van der Waals surface area contributed by atoms with E-state index in [1.54, 1.807) is 0 Å². The van der Waals surface area contributed by atoms with Crippen LogP contribution >= 0.6 is 0 Å². The molecular weight excluding hydrogens is 250 g/mol. The van der Waals surface area contributed by atoms with Crippen LogP contribution in [0.5, 0.6) is 5.75 Å². The Hall–Kier alpha value is -1.06. The van der Waals surface area contributed by atoms with Gasteiger partial charge in [-0.25, -0.2) is 0 Å². The zero-order valence-corrected chi connectivity index (χ0v) is 12.4. The Kier molecular flexibility index (Phi) is 6.89. The Labute approximate surface area is 122 Å². The van der Waals surface area contributed by atoms with Crippen molar-refractivity contribution in [1.29, 1.82) is 0 Å². The highest BCUT2D eigenvalue weighted by Gasteiger charge is 2.12. The minimum atomic E-state index is 0.628. The lowest BCUT2D eigenvalue weighted by Crippen LogP contribution is -2.16. The van der Waals surface area contributed by atoms with Gasteiger partial charge in [-0.05, 0) is 49.4 Å². The first-order chi connectivity index (χ1) is 9.88. The van der Waals surface area contributed by atoms with Gasteiger partial charge in [-0.2, -0.15) is 0 Å². The third-order valence-corrected chi connectivity index (χ3v) is 3.93. The molecule has 1 saturated carbocycles. The summed E-state index contributed by atoms with van der Waals surface area (Å²) in [4.78, 5) is 0. The van der Waals surface area contributed by atoms with Gasteiger partial charge < -0.3 is 15.2 Å². The molecule has 2 N–H and O–H groups in total. The van der Waals surface area contributed by atoms with E-state index < -0.39 is 0 Å². The molecule has 1 aliphatic carbocycles. The summed E-state index contributed by atoms with van der Waals surface area (Å²) in [6.45, 7) is 2.90. The Balaban J connectivity index is 1.56. The van der Waals surface area contributed by atoms with Crippen LogP contribution in [0.25, 0.3) is 0 Å². The van der Waals surface area contributed by atoms with Crippen molar-refractivity contribution in [1.82, 2.24) is 0 Å². The number of hydrogen-bond acceptors (Lipinski definition) is 3. The SMILES string of the molecule is NCCc1ccc(OCCOCC2CCCCC2)cc1. The summed E-state index contributed by atoms with van der Waals surface area (Å²) in [5, 5.41) is 0. The second-order valence-corrected chi connectivity index (χ2v) is 5.61. The van der Waals surface area contributed by atoms with Gasteiger partial charge in [0.15, 0.2) is 0 Å². The lowest BCUT2D eigenvalue weighted by Gasteiger charge is -2.21. The van der Waals surface area contributed by atoms with E-state index in [-0.39, 0.29) is 0 Å². The standard InChI is InChI=1S/C17H27NO2/c18-11-10-15-6-8-17(9-7-15)20-13-12-19-14-16-4-2-1-3-5-16/h6-9,16H,1-5,10-14,18H2. The fourth-order valence-electron chi connectivity index (χ4n) is 2.74. The minimum absolute atomic E-state index is 0.628. The summed E-state index contributed by atoms with van der Waals surface area (Å²) in [5.74, 6) is 1.69. The molecule has 20 heavy (non-hydrogen) atoms. The molecule has 1 aromatic carbocycles. The van der Waals surface area contributed by atoms with Crippen molar-refractivity contribution in [3.8, 4) is 5.75 Å². The molecule has 0 aromatic heterocycles. The predicted octanol–water partition coefficient (Wildman–Crippen LogP) is 3.16. The van der Waals surface area contributed by atoms with Gasteiger partial charge in [0.2, 0.25) is 0 Å². The van der Waals surface area contributed by atoms with Gasteiger partial charge in [0.1, 0.15) is 12.4 Å². The Morgan fingerprint density at radius 3 is 2.45 bits per heavy atom. The van der Waals surface area contributed by atoms with Gasteiger partial charge in [-0.15, -0.1) is 0 Å². The third kappa shape index (κ3) is 5.51. The van der Waals surface area contributed by atoms with E-state index in [1.807, 2.05) is 12.1 Å². The molecule has 1 aromatic rings. The van der Waals surface area contributed by atoms with E-state index >= 15 is 0 Å². The van der Waals surface area contributed by atoms with E-state index in [9.17, 15) is 0 Å². The van der Waals surface area contributed by atoms with Gasteiger partial charge in [-0.3, -0.25) is 0 Å². The summed E-state index contributed by atoms with van der Waals surface area (Å²) >= 11 is 0. The molecule has 2 rings (SSSR count). The molecule has 0 amide bonds. The van der Waals surface area contributed by atoms with Crippen LogP contribution in [0.2, 0.25) is 0 Å². The van der Waals surface area contributed by atoms with Crippen molar-refractivity contribution in [2.45, 2.75) is 38.5 Å². The van der Waals surface area contributed by atoms with Crippen molar-refractivity contribution in [3.63, 3.8) is 0 Å². The average Bonchev–Trinajstić information content (AvgIpc) is 2.50. The summed E-state index contributed by atoms with van der Waals surface area (Å²) in [7, 11) is 0. The normalized spacial score (nSPS) is 16.2. The van der Waals surface area contributed by atoms with Crippen LogP contribution in [0.3, 0.4) is 0 Å². The van der Waals surface area contributed by atoms with Gasteiger partial charge >= 0.3 is 0 Å². The predicted molar refractivity (Wildman–Crippen MR) is 82.1 cm³/mol. The lowest BCUT2D eigenvalue weighted by molar-refractivity contribution is 0.0635. The Morgan fingerprint density at radius 2 is 1.75 bits per heavy atom. The van der Waals surface area contributed by atoms with Gasteiger partial charge in [0.25, 0.3) is 0 Å². The number of benzene rings is 1. The monoisotopic (exact) mass is 277 g/mol. The van der Waals surface area contributed by atoms with Crippen molar-refractivity contribution >= 4 is 0 Å². The molecule has 3 nitrogen and oxygen atoms in total. The molecule has 0 radical (unpaired) electrons. The molecule has 0 unspecified atom stereocenters. The highest BCUT2D eigenvalue weighted by molar-refractivity contribution is 5.27. The number of rotatable bonds is 8. The molecule has 0 aliphatic heterocycles. The fourth-order valence-corrected chi connectivity index (χ4v) is 2.74. The van der Waals surface area contributed by atoms with Crippen LogP contribution in [0, 0.1) is 5.92 Å². The van der Waals surface area contributed by atoms with Gasteiger partial charge in [0, 0.05) is 6.61 Å². The quantitative estimate of drug-likeness (QED) is 0.742. The van der Waals surface area contributed by atoms with Gasteiger partial charge in [-0.1, -0.05) is 31.4 Å².